The van der Waals surface area contributed by atoms with Crippen LogP contribution in [0.1, 0.15) is 12.0 Å². The fourth-order valence-corrected chi connectivity index (χ4v) is 3.88. The van der Waals surface area contributed by atoms with Crippen LogP contribution in [-0.4, -0.2) is 45.9 Å². The number of benzene rings is 2. The van der Waals surface area contributed by atoms with Crippen LogP contribution in [0.3, 0.4) is 0 Å². The number of carbonyl (C=O) groups excluding carboxylic acids is 1. The van der Waals surface area contributed by atoms with Gasteiger partial charge in [-0.25, -0.2) is 4.39 Å². The number of rotatable bonds is 7. The zero-order chi connectivity index (χ0) is 20.1. The number of hydrogen-bond acceptors (Lipinski definition) is 6. The zero-order valence-corrected chi connectivity index (χ0v) is 16.6. The summed E-state index contributed by atoms with van der Waals surface area (Å²) in [6.45, 7) is 2.72. The monoisotopic (exact) mass is 412 g/mol. The molecule has 1 unspecified atom stereocenters. The highest BCUT2D eigenvalue weighted by Gasteiger charge is 2.24. The van der Waals surface area contributed by atoms with Crippen molar-refractivity contribution in [2.24, 2.45) is 0 Å². The van der Waals surface area contributed by atoms with Crippen LogP contribution >= 0.6 is 11.8 Å². The molecular weight excluding hydrogens is 391 g/mol. The van der Waals surface area contributed by atoms with Gasteiger partial charge in [-0.15, -0.1) is 10.2 Å². The Morgan fingerprint density at radius 3 is 2.76 bits per heavy atom. The molecule has 4 rings (SSSR count). The molecule has 8 heteroatoms. The molecule has 1 aromatic heterocycles. The molecule has 0 radical (unpaired) electrons. The smallest absolute Gasteiger partial charge is 0.277 e. The lowest BCUT2D eigenvalue weighted by molar-refractivity contribution is -0.119. The highest BCUT2D eigenvalue weighted by atomic mass is 32.2. The van der Waals surface area contributed by atoms with Gasteiger partial charge in [0.2, 0.25) is 11.8 Å². The molecule has 2 heterocycles. The van der Waals surface area contributed by atoms with Gasteiger partial charge in [-0.3, -0.25) is 9.69 Å². The molecule has 29 heavy (non-hydrogen) atoms. The summed E-state index contributed by atoms with van der Waals surface area (Å²) in [4.78, 5) is 14.6. The lowest BCUT2D eigenvalue weighted by Crippen LogP contribution is -2.37. The third-order valence-electron chi connectivity index (χ3n) is 4.71. The molecule has 2 aromatic carbocycles. The number of hydrogen-bond donors (Lipinski definition) is 1. The summed E-state index contributed by atoms with van der Waals surface area (Å²) in [7, 11) is 0. The van der Waals surface area contributed by atoms with E-state index in [1.165, 1.54) is 29.5 Å². The van der Waals surface area contributed by atoms with Crippen molar-refractivity contribution in [1.82, 2.24) is 20.4 Å². The summed E-state index contributed by atoms with van der Waals surface area (Å²) < 4.78 is 18.5. The highest BCUT2D eigenvalue weighted by Crippen LogP contribution is 2.23. The number of nitrogens with one attached hydrogen (secondary N) is 1. The lowest BCUT2D eigenvalue weighted by atomic mass is 10.2. The number of amides is 1. The van der Waals surface area contributed by atoms with Crippen LogP contribution in [0.5, 0.6) is 0 Å². The molecule has 1 fully saturated rings. The van der Waals surface area contributed by atoms with Crippen molar-refractivity contribution in [3.05, 3.63) is 66.0 Å². The molecule has 1 saturated heterocycles. The van der Waals surface area contributed by atoms with Gasteiger partial charge < -0.3 is 9.73 Å². The van der Waals surface area contributed by atoms with Crippen LogP contribution in [0, 0.1) is 5.82 Å². The summed E-state index contributed by atoms with van der Waals surface area (Å²) >= 11 is 1.19. The first-order chi connectivity index (χ1) is 14.2. The Morgan fingerprint density at radius 1 is 1.17 bits per heavy atom. The van der Waals surface area contributed by atoms with E-state index in [9.17, 15) is 9.18 Å². The number of thioether (sulfide) groups is 1. The Morgan fingerprint density at radius 2 is 1.97 bits per heavy atom. The Kier molecular flexibility index (Phi) is 6.21. The van der Waals surface area contributed by atoms with Gasteiger partial charge in [-0.2, -0.15) is 0 Å². The second-order valence-electron chi connectivity index (χ2n) is 6.94. The first kappa shape index (κ1) is 19.6. The predicted molar refractivity (Wildman–Crippen MR) is 109 cm³/mol. The first-order valence-electron chi connectivity index (χ1n) is 9.43. The maximum atomic E-state index is 13.0. The number of halogens is 1. The van der Waals surface area contributed by atoms with E-state index in [0.29, 0.717) is 16.7 Å². The van der Waals surface area contributed by atoms with Crippen molar-refractivity contribution >= 4 is 17.7 Å². The number of aromatic nitrogens is 2. The SMILES string of the molecule is O=C(CSc1nnc(-c2ccc(F)cc2)o1)NC1CCN(Cc2ccccc2)C1. The summed E-state index contributed by atoms with van der Waals surface area (Å²) in [5.41, 5.74) is 1.92. The van der Waals surface area contributed by atoms with Crippen molar-refractivity contribution in [3.63, 3.8) is 0 Å². The molecular formula is C21H21FN4O2S. The lowest BCUT2D eigenvalue weighted by Gasteiger charge is -2.16. The van der Waals surface area contributed by atoms with Crippen molar-refractivity contribution in [1.29, 1.82) is 0 Å². The minimum Gasteiger partial charge on any atom is -0.411 e. The second-order valence-corrected chi connectivity index (χ2v) is 7.87. The largest absolute Gasteiger partial charge is 0.411 e. The molecule has 0 bridgehead atoms. The van der Waals surface area contributed by atoms with Crippen LogP contribution < -0.4 is 5.32 Å². The molecule has 0 saturated carbocycles. The van der Waals surface area contributed by atoms with Gasteiger partial charge in [0.15, 0.2) is 0 Å². The second kappa shape index (κ2) is 9.19. The quantitative estimate of drug-likeness (QED) is 0.600. The van der Waals surface area contributed by atoms with E-state index in [1.807, 2.05) is 18.2 Å². The molecule has 0 spiro atoms. The molecule has 1 aliphatic heterocycles. The Hall–Kier alpha value is -2.71. The van der Waals surface area contributed by atoms with Gasteiger partial charge in [-0.05, 0) is 36.2 Å². The van der Waals surface area contributed by atoms with Crippen molar-refractivity contribution < 1.29 is 13.6 Å². The molecule has 150 valence electrons. The molecule has 6 nitrogen and oxygen atoms in total. The summed E-state index contributed by atoms with van der Waals surface area (Å²) in [5.74, 6) is 0.136. The van der Waals surface area contributed by atoms with Gasteiger partial charge in [-0.1, -0.05) is 42.1 Å². The number of carbonyl (C=O) groups is 1. The van der Waals surface area contributed by atoms with E-state index >= 15 is 0 Å². The van der Waals surface area contributed by atoms with Gasteiger partial charge >= 0.3 is 0 Å². The van der Waals surface area contributed by atoms with Crippen LogP contribution in [0.4, 0.5) is 4.39 Å². The van der Waals surface area contributed by atoms with Crippen molar-refractivity contribution in [2.45, 2.75) is 24.2 Å². The Labute approximate surface area is 172 Å². The van der Waals surface area contributed by atoms with Crippen LogP contribution in [-0.2, 0) is 11.3 Å². The maximum Gasteiger partial charge on any atom is 0.277 e. The van der Waals surface area contributed by atoms with Crippen LogP contribution in [0.25, 0.3) is 11.5 Å². The topological polar surface area (TPSA) is 71.3 Å². The molecule has 0 aliphatic carbocycles. The van der Waals surface area contributed by atoms with Crippen LogP contribution in [0.15, 0.2) is 64.2 Å². The zero-order valence-electron chi connectivity index (χ0n) is 15.8. The van der Waals surface area contributed by atoms with Gasteiger partial charge in [0.1, 0.15) is 5.82 Å². The third-order valence-corrected chi connectivity index (χ3v) is 5.53. The summed E-state index contributed by atoms with van der Waals surface area (Å²) in [5, 5.41) is 11.3. The van der Waals surface area contributed by atoms with E-state index in [0.717, 1.165) is 26.1 Å². The predicted octanol–water partition coefficient (Wildman–Crippen LogP) is 3.36. The van der Waals surface area contributed by atoms with E-state index in [-0.39, 0.29) is 23.5 Å². The molecule has 1 amide bonds. The van der Waals surface area contributed by atoms with Crippen LogP contribution in [0.2, 0.25) is 0 Å². The Balaban J connectivity index is 1.22. The maximum absolute atomic E-state index is 13.0. The summed E-state index contributed by atoms with van der Waals surface area (Å²) in [6.07, 6.45) is 0.943. The fourth-order valence-electron chi connectivity index (χ4n) is 3.31. The van der Waals surface area contributed by atoms with Gasteiger partial charge in [0, 0.05) is 31.2 Å². The van der Waals surface area contributed by atoms with Gasteiger partial charge in [0.05, 0.1) is 5.75 Å². The van der Waals surface area contributed by atoms with Crippen molar-refractivity contribution in [2.75, 3.05) is 18.8 Å². The molecule has 3 aromatic rings. The fraction of sp³-hybridized carbons (Fsp3) is 0.286. The number of likely N-dealkylation sites (tertiary alicyclic amines) is 1. The standard InChI is InChI=1S/C21H21FN4O2S/c22-17-8-6-16(7-9-17)20-24-25-21(28-20)29-14-19(27)23-18-10-11-26(13-18)12-15-4-2-1-3-5-15/h1-9,18H,10-14H2,(H,23,27). The van der Waals surface area contributed by atoms with E-state index in [1.54, 1.807) is 12.1 Å². The van der Waals surface area contributed by atoms with E-state index in [4.69, 9.17) is 4.42 Å². The normalized spacial score (nSPS) is 16.8. The summed E-state index contributed by atoms with van der Waals surface area (Å²) in [6, 6.07) is 16.3. The van der Waals surface area contributed by atoms with Crippen molar-refractivity contribution in [3.8, 4) is 11.5 Å². The third kappa shape index (κ3) is 5.42. The van der Waals surface area contributed by atoms with E-state index < -0.39 is 0 Å². The minimum absolute atomic E-state index is 0.0527. The first-order valence-corrected chi connectivity index (χ1v) is 10.4. The Bertz CT molecular complexity index is 949. The molecule has 1 atom stereocenters. The average molecular weight is 412 g/mol. The van der Waals surface area contributed by atoms with Gasteiger partial charge in [0.25, 0.3) is 5.22 Å². The van der Waals surface area contributed by atoms with E-state index in [2.05, 4.69) is 32.5 Å². The average Bonchev–Trinajstić information content (AvgIpc) is 3.37. The highest BCUT2D eigenvalue weighted by molar-refractivity contribution is 7.99. The molecule has 1 N–H and O–H groups in total. The minimum atomic E-state index is -0.325. The number of nitrogens with zero attached hydrogens (tertiary/aromatic N) is 3. The molecule has 1 aliphatic rings.